The van der Waals surface area contributed by atoms with Gasteiger partial charge in [0, 0.05) is 81.1 Å². The number of nitrogens with one attached hydrogen (secondary N) is 2. The van der Waals surface area contributed by atoms with Gasteiger partial charge in [-0.2, -0.15) is 13.2 Å². The van der Waals surface area contributed by atoms with E-state index in [0.717, 1.165) is 45.0 Å². The van der Waals surface area contributed by atoms with Crippen LogP contribution >= 0.6 is 0 Å². The molecule has 0 spiro atoms. The lowest BCUT2D eigenvalue weighted by Crippen LogP contribution is -2.45. The zero-order valence-electron chi connectivity index (χ0n) is 22.3. The maximum atomic E-state index is 13.8. The van der Waals surface area contributed by atoms with E-state index in [-0.39, 0.29) is 19.6 Å². The van der Waals surface area contributed by atoms with Gasteiger partial charge in [0.15, 0.2) is 0 Å². The second kappa shape index (κ2) is 12.2. The molecule has 0 radical (unpaired) electrons. The van der Waals surface area contributed by atoms with Crippen LogP contribution in [0.15, 0.2) is 42.7 Å². The second-order valence-corrected chi connectivity index (χ2v) is 10.5. The predicted octanol–water partition coefficient (Wildman–Crippen LogP) is 5.08. The summed E-state index contributed by atoms with van der Waals surface area (Å²) in [6.07, 6.45) is -1.43. The first-order valence-corrected chi connectivity index (χ1v) is 13.6. The maximum Gasteiger partial charge on any atom is 0.451 e. The molecule has 0 bridgehead atoms. The minimum absolute atomic E-state index is 0.0103. The summed E-state index contributed by atoms with van der Waals surface area (Å²) in [7, 11) is 0. The molecular weight excluding hydrogens is 547 g/mol. The molecular formula is C28H31F5N6O2. The fourth-order valence-corrected chi connectivity index (χ4v) is 5.21. The van der Waals surface area contributed by atoms with E-state index >= 15 is 0 Å². The van der Waals surface area contributed by atoms with E-state index in [1.165, 1.54) is 0 Å². The summed E-state index contributed by atoms with van der Waals surface area (Å²) < 4.78 is 72.0. The largest absolute Gasteiger partial charge is 0.451 e. The molecule has 1 unspecified atom stereocenters. The molecule has 5 rings (SSSR count). The molecule has 2 aliphatic rings. The van der Waals surface area contributed by atoms with Crippen LogP contribution in [0.1, 0.15) is 53.5 Å². The highest BCUT2D eigenvalue weighted by molar-refractivity contribution is 6.06. The first kappa shape index (κ1) is 29.1. The molecule has 0 saturated carbocycles. The quantitative estimate of drug-likeness (QED) is 0.360. The molecule has 220 valence electrons. The van der Waals surface area contributed by atoms with E-state index in [1.54, 1.807) is 17.0 Å². The fourth-order valence-electron chi connectivity index (χ4n) is 5.21. The number of rotatable bonds is 8. The molecule has 0 aliphatic carbocycles. The minimum atomic E-state index is -4.71. The Hall–Kier alpha value is -3.45. The number of carbonyl (C=O) groups is 1. The number of piperidine rings is 1. The van der Waals surface area contributed by atoms with Crippen LogP contribution in [-0.2, 0) is 10.9 Å². The van der Waals surface area contributed by atoms with Crippen molar-refractivity contribution in [2.24, 2.45) is 5.92 Å². The van der Waals surface area contributed by atoms with Crippen molar-refractivity contribution < 1.29 is 31.5 Å². The lowest BCUT2D eigenvalue weighted by molar-refractivity contribution is -0.145. The highest BCUT2D eigenvalue weighted by atomic mass is 19.4. The second-order valence-electron chi connectivity index (χ2n) is 10.5. The van der Waals surface area contributed by atoms with Gasteiger partial charge in [0.05, 0.1) is 11.6 Å². The summed E-state index contributed by atoms with van der Waals surface area (Å²) in [5.74, 6) is -3.31. The van der Waals surface area contributed by atoms with Crippen molar-refractivity contribution >= 4 is 22.6 Å². The molecule has 3 aromatic rings. The van der Waals surface area contributed by atoms with Crippen LogP contribution in [-0.4, -0.2) is 71.1 Å². The number of aromatic nitrogens is 3. The third kappa shape index (κ3) is 7.25. The Balaban J connectivity index is 1.30. The number of nitrogens with zero attached hydrogens (tertiary/aromatic N) is 4. The third-order valence-electron chi connectivity index (χ3n) is 7.63. The first-order valence-electron chi connectivity index (χ1n) is 13.6. The molecule has 4 heterocycles. The van der Waals surface area contributed by atoms with Gasteiger partial charge in [-0.15, -0.1) is 0 Å². The third-order valence-corrected chi connectivity index (χ3v) is 7.63. The molecule has 2 N–H and O–H groups in total. The monoisotopic (exact) mass is 578 g/mol. The van der Waals surface area contributed by atoms with Crippen LogP contribution in [0.2, 0.25) is 0 Å². The Bertz CT molecular complexity index is 1340. The number of ether oxygens (including phenoxy) is 1. The standard InChI is InChI=1S/C28H31F5N6O2/c29-27(30)8-10-39(11-9-27)23(19-15-36-26(37-16-19)28(31,32)33)17-35-25(40)21-2-1-3-22-20(21)4-5-24(38-22)34-14-18-6-12-41-13-7-18/h1-5,15-16,18,23H,6-14,17H2,(H,34,38)(H,35,40). The first-order chi connectivity index (χ1) is 19.6. The number of likely N-dealkylation sites (tertiary alicyclic amines) is 1. The summed E-state index contributed by atoms with van der Waals surface area (Å²) in [5.41, 5.74) is 1.29. The number of amides is 1. The number of pyridine rings is 1. The van der Waals surface area contributed by atoms with E-state index in [1.807, 2.05) is 18.2 Å². The van der Waals surface area contributed by atoms with Crippen molar-refractivity contribution in [3.63, 3.8) is 0 Å². The molecule has 1 atom stereocenters. The number of halogens is 5. The molecule has 2 fully saturated rings. The summed E-state index contributed by atoms with van der Waals surface area (Å²) in [6.45, 7) is 2.28. The number of benzene rings is 1. The number of hydrogen-bond donors (Lipinski definition) is 2. The highest BCUT2D eigenvalue weighted by Crippen LogP contribution is 2.33. The smallest absolute Gasteiger partial charge is 0.381 e. The highest BCUT2D eigenvalue weighted by Gasteiger charge is 2.38. The van der Waals surface area contributed by atoms with Gasteiger partial charge in [-0.05, 0) is 43.0 Å². The van der Waals surface area contributed by atoms with Gasteiger partial charge in [-0.25, -0.2) is 23.7 Å². The minimum Gasteiger partial charge on any atom is -0.381 e. The van der Waals surface area contributed by atoms with Crippen molar-refractivity contribution in [1.29, 1.82) is 0 Å². The average molecular weight is 579 g/mol. The SMILES string of the molecule is O=C(NCC(c1cnc(C(F)(F)F)nc1)N1CCC(F)(F)CC1)c1cccc2nc(NCC3CCOCC3)ccc12. The number of hydrogen-bond acceptors (Lipinski definition) is 7. The lowest BCUT2D eigenvalue weighted by Gasteiger charge is -2.37. The van der Waals surface area contributed by atoms with Crippen LogP contribution in [0.5, 0.6) is 0 Å². The zero-order valence-corrected chi connectivity index (χ0v) is 22.3. The van der Waals surface area contributed by atoms with Crippen molar-refractivity contribution in [2.45, 2.75) is 43.8 Å². The Kier molecular flexibility index (Phi) is 8.64. The summed E-state index contributed by atoms with van der Waals surface area (Å²) in [4.78, 5) is 26.5. The molecule has 2 aromatic heterocycles. The zero-order chi connectivity index (χ0) is 29.0. The Labute approximate surface area is 233 Å². The number of anilines is 1. The van der Waals surface area contributed by atoms with Gasteiger partial charge in [-0.3, -0.25) is 9.69 Å². The molecule has 41 heavy (non-hydrogen) atoms. The van der Waals surface area contributed by atoms with E-state index in [9.17, 15) is 26.7 Å². The van der Waals surface area contributed by atoms with E-state index < -0.39 is 42.7 Å². The summed E-state index contributed by atoms with van der Waals surface area (Å²) >= 11 is 0. The van der Waals surface area contributed by atoms with E-state index in [4.69, 9.17) is 4.74 Å². The van der Waals surface area contributed by atoms with Crippen LogP contribution in [0, 0.1) is 5.92 Å². The molecule has 2 saturated heterocycles. The van der Waals surface area contributed by atoms with E-state index in [2.05, 4.69) is 25.6 Å². The van der Waals surface area contributed by atoms with Crippen molar-refractivity contribution in [1.82, 2.24) is 25.2 Å². The average Bonchev–Trinajstić information content (AvgIpc) is 2.96. The molecule has 1 aromatic carbocycles. The van der Waals surface area contributed by atoms with Crippen LogP contribution in [0.25, 0.3) is 10.9 Å². The Morgan fingerprint density at radius 1 is 1.07 bits per heavy atom. The maximum absolute atomic E-state index is 13.8. The van der Waals surface area contributed by atoms with Gasteiger partial charge in [0.25, 0.3) is 11.8 Å². The molecule has 1 amide bonds. The van der Waals surface area contributed by atoms with Crippen LogP contribution in [0.4, 0.5) is 27.8 Å². The van der Waals surface area contributed by atoms with Gasteiger partial charge in [-0.1, -0.05) is 6.07 Å². The van der Waals surface area contributed by atoms with E-state index in [0.29, 0.717) is 33.8 Å². The normalized spacial score (nSPS) is 19.1. The molecule has 8 nitrogen and oxygen atoms in total. The van der Waals surface area contributed by atoms with Crippen molar-refractivity contribution in [3.8, 4) is 0 Å². The molecule has 13 heteroatoms. The van der Waals surface area contributed by atoms with Crippen LogP contribution < -0.4 is 10.6 Å². The van der Waals surface area contributed by atoms with Gasteiger partial charge in [0.1, 0.15) is 5.82 Å². The number of carbonyl (C=O) groups excluding carboxylic acids is 1. The molecule has 2 aliphatic heterocycles. The van der Waals surface area contributed by atoms with Gasteiger partial charge >= 0.3 is 6.18 Å². The van der Waals surface area contributed by atoms with Gasteiger partial charge < -0.3 is 15.4 Å². The number of alkyl halides is 5. The topological polar surface area (TPSA) is 92.3 Å². The number of fused-ring (bicyclic) bond motifs is 1. The fraction of sp³-hybridized carbons (Fsp3) is 0.500. The Morgan fingerprint density at radius 2 is 1.78 bits per heavy atom. The predicted molar refractivity (Wildman–Crippen MR) is 142 cm³/mol. The van der Waals surface area contributed by atoms with Gasteiger partial charge in [0.2, 0.25) is 5.82 Å². The van der Waals surface area contributed by atoms with Crippen LogP contribution in [0.3, 0.4) is 0 Å². The summed E-state index contributed by atoms with van der Waals surface area (Å²) in [6, 6.07) is 8.13. The van der Waals surface area contributed by atoms with Crippen molar-refractivity contribution in [2.75, 3.05) is 44.7 Å². The lowest BCUT2D eigenvalue weighted by atomic mass is 10.0. The van der Waals surface area contributed by atoms with Crippen molar-refractivity contribution in [3.05, 3.63) is 59.7 Å². The Morgan fingerprint density at radius 3 is 2.46 bits per heavy atom. The summed E-state index contributed by atoms with van der Waals surface area (Å²) in [5, 5.41) is 6.83.